The van der Waals surface area contributed by atoms with Crippen molar-refractivity contribution in [3.8, 4) is 0 Å². The zero-order valence-corrected chi connectivity index (χ0v) is 7.32. The van der Waals surface area contributed by atoms with E-state index in [0.29, 0.717) is 5.69 Å². The zero-order valence-electron chi connectivity index (χ0n) is 7.32. The molecule has 0 bridgehead atoms. The van der Waals surface area contributed by atoms with Crippen LogP contribution in [0.4, 0.5) is 0 Å². The predicted molar refractivity (Wildman–Crippen MR) is 46.4 cm³/mol. The summed E-state index contributed by atoms with van der Waals surface area (Å²) < 4.78 is 1.78. The smallest absolute Gasteiger partial charge is 0.352 e. The number of aromatic nitrogens is 1. The van der Waals surface area contributed by atoms with Crippen molar-refractivity contribution in [2.24, 2.45) is 0 Å². The molecule has 0 aliphatic heterocycles. The first-order chi connectivity index (χ1) is 5.66. The van der Waals surface area contributed by atoms with Gasteiger partial charge in [0.25, 0.3) is 0 Å². The van der Waals surface area contributed by atoms with E-state index in [4.69, 9.17) is 5.11 Å². The van der Waals surface area contributed by atoms with Crippen molar-refractivity contribution < 1.29 is 9.90 Å². The van der Waals surface area contributed by atoms with Crippen LogP contribution in [-0.4, -0.2) is 15.6 Å². The summed E-state index contributed by atoms with van der Waals surface area (Å²) in [5.74, 6) is -0.861. The Bertz CT molecular complexity index is 278. The predicted octanol–water partition coefficient (Wildman–Crippen LogP) is 2.16. The number of hydrogen-bond donors (Lipinski definition) is 1. The molecule has 1 rings (SSSR count). The van der Waals surface area contributed by atoms with Gasteiger partial charge in [0.2, 0.25) is 0 Å². The Kier molecular flexibility index (Phi) is 2.53. The van der Waals surface area contributed by atoms with Gasteiger partial charge in [-0.05, 0) is 25.5 Å². The zero-order chi connectivity index (χ0) is 9.14. The van der Waals surface area contributed by atoms with E-state index in [0.717, 1.165) is 6.42 Å². The summed E-state index contributed by atoms with van der Waals surface area (Å²) in [4.78, 5) is 10.7. The molecule has 0 amide bonds. The highest BCUT2D eigenvalue weighted by Gasteiger charge is 2.11. The summed E-state index contributed by atoms with van der Waals surface area (Å²) in [7, 11) is 0. The molecule has 0 spiro atoms. The fraction of sp³-hybridized carbons (Fsp3) is 0.444. The summed E-state index contributed by atoms with van der Waals surface area (Å²) in [6, 6.07) is 3.63. The number of hydrogen-bond acceptors (Lipinski definition) is 1. The van der Waals surface area contributed by atoms with Crippen LogP contribution in [0.5, 0.6) is 0 Å². The first kappa shape index (κ1) is 8.84. The second kappa shape index (κ2) is 3.43. The standard InChI is InChI=1S/C9H13NO2/c1-3-7(2)10-6-4-5-8(10)9(11)12/h4-7H,3H2,1-2H3,(H,11,12)/t7-/m0/s1. The average molecular weight is 167 g/mol. The molecule has 0 saturated heterocycles. The molecule has 66 valence electrons. The topological polar surface area (TPSA) is 42.2 Å². The molecular weight excluding hydrogens is 154 g/mol. The number of rotatable bonds is 3. The molecular formula is C9H13NO2. The normalized spacial score (nSPS) is 12.8. The fourth-order valence-corrected chi connectivity index (χ4v) is 1.16. The van der Waals surface area contributed by atoms with Gasteiger partial charge in [-0.2, -0.15) is 0 Å². The molecule has 12 heavy (non-hydrogen) atoms. The van der Waals surface area contributed by atoms with E-state index >= 15 is 0 Å². The Morgan fingerprint density at radius 1 is 1.75 bits per heavy atom. The lowest BCUT2D eigenvalue weighted by atomic mass is 10.2. The lowest BCUT2D eigenvalue weighted by molar-refractivity contribution is 0.0683. The third-order valence-electron chi connectivity index (χ3n) is 2.06. The molecule has 0 radical (unpaired) electrons. The van der Waals surface area contributed by atoms with Gasteiger partial charge in [-0.3, -0.25) is 0 Å². The van der Waals surface area contributed by atoms with Crippen molar-refractivity contribution in [1.29, 1.82) is 0 Å². The largest absolute Gasteiger partial charge is 0.477 e. The van der Waals surface area contributed by atoms with E-state index in [9.17, 15) is 4.79 Å². The van der Waals surface area contributed by atoms with Gasteiger partial charge in [0.1, 0.15) is 5.69 Å². The SMILES string of the molecule is CC[C@H](C)n1cccc1C(=O)O. The second-order valence-electron chi connectivity index (χ2n) is 2.86. The van der Waals surface area contributed by atoms with Gasteiger partial charge in [0, 0.05) is 12.2 Å². The molecule has 3 nitrogen and oxygen atoms in total. The van der Waals surface area contributed by atoms with Crippen LogP contribution in [0, 0.1) is 0 Å². The first-order valence-corrected chi connectivity index (χ1v) is 4.07. The van der Waals surface area contributed by atoms with Crippen molar-refractivity contribution in [2.75, 3.05) is 0 Å². The molecule has 0 fully saturated rings. The van der Waals surface area contributed by atoms with Crippen LogP contribution in [0.2, 0.25) is 0 Å². The quantitative estimate of drug-likeness (QED) is 0.749. The van der Waals surface area contributed by atoms with E-state index in [1.807, 2.05) is 13.8 Å². The fourth-order valence-electron chi connectivity index (χ4n) is 1.16. The maximum absolute atomic E-state index is 10.7. The van der Waals surface area contributed by atoms with Gasteiger partial charge in [-0.15, -0.1) is 0 Å². The summed E-state index contributed by atoms with van der Waals surface area (Å²) in [5.41, 5.74) is 0.365. The van der Waals surface area contributed by atoms with Crippen molar-refractivity contribution in [3.63, 3.8) is 0 Å². The number of carboxylic acid groups (broad SMARTS) is 1. The van der Waals surface area contributed by atoms with Crippen LogP contribution in [0.1, 0.15) is 36.8 Å². The Morgan fingerprint density at radius 3 is 2.92 bits per heavy atom. The molecule has 0 aromatic carbocycles. The Morgan fingerprint density at radius 2 is 2.42 bits per heavy atom. The number of carbonyl (C=O) groups is 1. The average Bonchev–Trinajstić information content (AvgIpc) is 2.50. The summed E-state index contributed by atoms with van der Waals surface area (Å²) in [6.45, 7) is 4.04. The maximum Gasteiger partial charge on any atom is 0.352 e. The van der Waals surface area contributed by atoms with Crippen molar-refractivity contribution in [3.05, 3.63) is 24.0 Å². The molecule has 1 aromatic rings. The van der Waals surface area contributed by atoms with E-state index in [1.165, 1.54) is 0 Å². The third kappa shape index (κ3) is 1.49. The molecule has 1 atom stereocenters. The van der Waals surface area contributed by atoms with Crippen LogP contribution < -0.4 is 0 Å². The second-order valence-corrected chi connectivity index (χ2v) is 2.86. The summed E-state index contributed by atoms with van der Waals surface area (Å²) in [6.07, 6.45) is 2.74. The maximum atomic E-state index is 10.7. The highest BCUT2D eigenvalue weighted by Crippen LogP contribution is 2.14. The van der Waals surface area contributed by atoms with Gasteiger partial charge < -0.3 is 9.67 Å². The molecule has 0 aliphatic carbocycles. The van der Waals surface area contributed by atoms with E-state index in [2.05, 4.69) is 0 Å². The van der Waals surface area contributed by atoms with Gasteiger partial charge in [-0.1, -0.05) is 6.92 Å². The van der Waals surface area contributed by atoms with Gasteiger partial charge in [-0.25, -0.2) is 4.79 Å². The third-order valence-corrected chi connectivity index (χ3v) is 2.06. The molecule has 3 heteroatoms. The van der Waals surface area contributed by atoms with Crippen LogP contribution in [0.3, 0.4) is 0 Å². The first-order valence-electron chi connectivity index (χ1n) is 4.07. The molecule has 1 aromatic heterocycles. The Balaban J connectivity index is 2.98. The molecule has 1 N–H and O–H groups in total. The minimum Gasteiger partial charge on any atom is -0.477 e. The Labute approximate surface area is 71.6 Å². The van der Waals surface area contributed by atoms with Crippen LogP contribution in [0.25, 0.3) is 0 Å². The van der Waals surface area contributed by atoms with Crippen molar-refractivity contribution in [2.45, 2.75) is 26.3 Å². The summed E-state index contributed by atoms with van der Waals surface area (Å²) in [5, 5.41) is 8.78. The highest BCUT2D eigenvalue weighted by molar-refractivity contribution is 5.85. The minimum absolute atomic E-state index is 0.256. The van der Waals surface area contributed by atoms with Crippen LogP contribution in [0.15, 0.2) is 18.3 Å². The number of carboxylic acids is 1. The van der Waals surface area contributed by atoms with Crippen molar-refractivity contribution >= 4 is 5.97 Å². The van der Waals surface area contributed by atoms with Crippen molar-refractivity contribution in [1.82, 2.24) is 4.57 Å². The molecule has 0 saturated carbocycles. The lowest BCUT2D eigenvalue weighted by Gasteiger charge is -2.12. The van der Waals surface area contributed by atoms with Gasteiger partial charge >= 0.3 is 5.97 Å². The minimum atomic E-state index is -0.861. The number of aromatic carboxylic acids is 1. The van der Waals surface area contributed by atoms with E-state index in [-0.39, 0.29) is 6.04 Å². The monoisotopic (exact) mass is 167 g/mol. The Hall–Kier alpha value is -1.25. The number of nitrogens with zero attached hydrogens (tertiary/aromatic N) is 1. The van der Waals surface area contributed by atoms with Crippen LogP contribution in [-0.2, 0) is 0 Å². The lowest BCUT2D eigenvalue weighted by Crippen LogP contribution is -2.10. The summed E-state index contributed by atoms with van der Waals surface area (Å²) >= 11 is 0. The molecule has 0 unspecified atom stereocenters. The van der Waals surface area contributed by atoms with Gasteiger partial charge in [0.15, 0.2) is 0 Å². The highest BCUT2D eigenvalue weighted by atomic mass is 16.4. The van der Waals surface area contributed by atoms with E-state index < -0.39 is 5.97 Å². The van der Waals surface area contributed by atoms with Crippen LogP contribution >= 0.6 is 0 Å². The molecule has 1 heterocycles. The van der Waals surface area contributed by atoms with Gasteiger partial charge in [0.05, 0.1) is 0 Å². The molecule has 0 aliphatic rings. The van der Waals surface area contributed by atoms with E-state index in [1.54, 1.807) is 22.9 Å².